The monoisotopic (exact) mass is 1780 g/mol. The molecule has 20 nitrogen and oxygen atoms in total. The van der Waals surface area contributed by atoms with Crippen molar-refractivity contribution in [1.29, 1.82) is 0 Å². The van der Waals surface area contributed by atoms with Gasteiger partial charge in [0.1, 0.15) is 17.6 Å². The largest absolute Gasteiger partial charge is 1.00 e. The SMILES string of the molecule is BrBr.CCOC(=O)C1CCCC(Br)C1=O.CCOC(=O)C1CCCCC1=O.CCOC(=O)C1CCCc2c1[nH]c1ccc(Cl)cc21.Cn1c2c(c3cc(Cl)ccc31)C(C(N)=O)CCC2.NC(=O)C1CCCc2c1[nH]c1ccc(Cl)cc21.Nc1ccc(Cl)cc1.O=C(O)C1CCCc2c1[nH]c1ccc(Cl)cc21.[Na+].[OH-]. The van der Waals surface area contributed by atoms with Crippen molar-refractivity contribution >= 4 is 199 Å². The van der Waals surface area contributed by atoms with Crippen molar-refractivity contribution in [3.63, 3.8) is 0 Å². The van der Waals surface area contributed by atoms with Gasteiger partial charge in [-0.15, -0.1) is 0 Å². The van der Waals surface area contributed by atoms with Gasteiger partial charge < -0.3 is 61.5 Å². The Labute approximate surface area is 698 Å². The van der Waals surface area contributed by atoms with Crippen LogP contribution in [-0.4, -0.2) is 102 Å². The van der Waals surface area contributed by atoms with Crippen LogP contribution < -0.4 is 46.8 Å². The van der Waals surface area contributed by atoms with E-state index >= 15 is 0 Å². The summed E-state index contributed by atoms with van der Waals surface area (Å²) in [4.78, 5) is 101. The maximum Gasteiger partial charge on any atom is 1.00 e. The number of anilines is 1. The molecule has 2 amide bonds. The number of aromatic amines is 3. The fourth-order valence-corrected chi connectivity index (χ4v) is 16.3. The molecule has 29 heteroatoms. The number of halogens is 8. The summed E-state index contributed by atoms with van der Waals surface area (Å²) in [5.74, 6) is -3.91. The summed E-state index contributed by atoms with van der Waals surface area (Å²) >= 11 is 38.4. The third-order valence-electron chi connectivity index (χ3n) is 19.8. The molecule has 0 bridgehead atoms. The van der Waals surface area contributed by atoms with Crippen LogP contribution in [0.2, 0.25) is 25.1 Å². The number of nitrogens with one attached hydrogen (secondary N) is 3. The van der Waals surface area contributed by atoms with Gasteiger partial charge in [-0.1, -0.05) is 86.8 Å². The summed E-state index contributed by atoms with van der Waals surface area (Å²) in [6.45, 7) is 6.48. The summed E-state index contributed by atoms with van der Waals surface area (Å²) in [5.41, 5.74) is 30.0. The number of Topliss-reactive ketones (excluding diaryl/α,β-unsaturated/α-hetero) is 2. The predicted molar refractivity (Wildman–Crippen MR) is 434 cm³/mol. The number of aliphatic carboxylic acids is 1. The Kier molecular flexibility index (Phi) is 36.9. The van der Waals surface area contributed by atoms with Gasteiger partial charge in [-0.3, -0.25) is 38.4 Å². The average Bonchev–Trinajstić information content (AvgIpc) is 1.62. The number of nitrogens with zero attached hydrogens (tertiary/aromatic N) is 1. The van der Waals surface area contributed by atoms with Gasteiger partial charge in [0.2, 0.25) is 11.8 Å². The molecule has 9 aromatic rings. The molecule has 4 heterocycles. The molecular formula is C79H90Br3Cl5N7NaO13. The molecule has 0 radical (unpaired) electrons. The number of nitrogens with two attached hydrogens (primary N) is 3. The number of hydrogen-bond acceptors (Lipinski definition) is 13. The average molecular weight is 1790 g/mol. The number of benzene rings is 5. The number of carbonyl (C=O) groups is 8. The zero-order valence-electron chi connectivity index (χ0n) is 60.9. The number of carboxylic acids is 1. The van der Waals surface area contributed by atoms with Gasteiger partial charge in [-0.05, 0) is 243 Å². The molecule has 7 unspecified atom stereocenters. The summed E-state index contributed by atoms with van der Waals surface area (Å²) < 4.78 is 16.9. The number of ether oxygens (including phenoxy) is 3. The fourth-order valence-electron chi connectivity index (χ4n) is 14.8. The molecule has 4 aromatic heterocycles. The molecule has 0 aliphatic heterocycles. The molecule has 6 aliphatic carbocycles. The van der Waals surface area contributed by atoms with E-state index in [1.54, 1.807) is 38.1 Å². The summed E-state index contributed by atoms with van der Waals surface area (Å²) in [7, 11) is 2.04. The second-order valence-corrected chi connectivity index (χ2v) is 29.8. The molecule has 11 N–H and O–H groups in total. The number of amides is 2. The minimum absolute atomic E-state index is 0. The van der Waals surface area contributed by atoms with Crippen molar-refractivity contribution in [3.8, 4) is 0 Å². The van der Waals surface area contributed by atoms with E-state index in [0.29, 0.717) is 55.5 Å². The normalized spacial score (nSPS) is 19.2. The van der Waals surface area contributed by atoms with Crippen molar-refractivity contribution in [3.05, 3.63) is 167 Å². The number of nitrogen functional groups attached to an aromatic ring is 1. The van der Waals surface area contributed by atoms with Crippen LogP contribution in [0.4, 0.5) is 5.69 Å². The molecule has 576 valence electrons. The first-order valence-electron chi connectivity index (χ1n) is 35.7. The van der Waals surface area contributed by atoms with Crippen molar-refractivity contribution in [2.75, 3.05) is 25.6 Å². The number of primary amides is 2. The maximum atomic E-state index is 12.0. The Balaban J connectivity index is 0.000000198. The summed E-state index contributed by atoms with van der Waals surface area (Å²) in [5, 5.41) is 17.2. The third kappa shape index (κ3) is 23.1. The van der Waals surface area contributed by atoms with E-state index in [-0.39, 0.29) is 98.9 Å². The van der Waals surface area contributed by atoms with E-state index in [1.807, 2.05) is 86.8 Å². The minimum atomic E-state index is -0.747. The fraction of sp³-hybridized carbons (Fsp3) is 0.418. The topological polar surface area (TPSA) is 345 Å². The van der Waals surface area contributed by atoms with Crippen molar-refractivity contribution in [2.24, 2.45) is 30.4 Å². The quantitative estimate of drug-likeness (QED) is 0.0176. The Morgan fingerprint density at radius 1 is 0.481 bits per heavy atom. The van der Waals surface area contributed by atoms with Crippen LogP contribution in [0, 0.1) is 11.8 Å². The van der Waals surface area contributed by atoms with Crippen LogP contribution in [0.25, 0.3) is 43.6 Å². The molecule has 108 heavy (non-hydrogen) atoms. The van der Waals surface area contributed by atoms with Gasteiger partial charge in [0, 0.05) is 139 Å². The number of fused-ring (bicyclic) bond motifs is 12. The van der Waals surface area contributed by atoms with E-state index in [2.05, 4.69) is 63.7 Å². The molecule has 5 aromatic carbocycles. The van der Waals surface area contributed by atoms with Crippen LogP contribution in [0.1, 0.15) is 186 Å². The van der Waals surface area contributed by atoms with Gasteiger partial charge in [0.25, 0.3) is 0 Å². The van der Waals surface area contributed by atoms with Crippen molar-refractivity contribution in [2.45, 2.75) is 171 Å². The third-order valence-corrected chi connectivity index (χ3v) is 21.9. The van der Waals surface area contributed by atoms with E-state index < -0.39 is 23.7 Å². The number of carbonyl (C=O) groups excluding carboxylic acids is 7. The Hall–Kier alpha value is -5.93. The molecular weight excluding hydrogens is 1690 g/mol. The number of aromatic nitrogens is 4. The maximum absolute atomic E-state index is 12.0. The van der Waals surface area contributed by atoms with Crippen LogP contribution in [0.15, 0.2) is 97.1 Å². The Bertz CT molecular complexity index is 4500. The molecule has 2 fully saturated rings. The predicted octanol–water partition coefficient (Wildman–Crippen LogP) is 16.0. The van der Waals surface area contributed by atoms with Crippen molar-refractivity contribution in [1.82, 2.24) is 19.5 Å². The second kappa shape index (κ2) is 43.8. The van der Waals surface area contributed by atoms with Gasteiger partial charge in [-0.2, -0.15) is 0 Å². The Morgan fingerprint density at radius 3 is 1.31 bits per heavy atom. The number of carboxylic acid groups (broad SMARTS) is 1. The summed E-state index contributed by atoms with van der Waals surface area (Å²) in [6, 6.07) is 30.1. The molecule has 6 aliphatic rings. The smallest absolute Gasteiger partial charge is 0.870 e. The van der Waals surface area contributed by atoms with Crippen molar-refractivity contribution < 1.29 is 92.7 Å². The number of ketones is 2. The molecule has 0 saturated heterocycles. The van der Waals surface area contributed by atoms with E-state index in [0.717, 1.165) is 189 Å². The second-order valence-electron chi connectivity index (χ2n) is 26.6. The summed E-state index contributed by atoms with van der Waals surface area (Å²) in [6.07, 6.45) is 16.6. The number of alkyl halides is 1. The minimum Gasteiger partial charge on any atom is -0.870 e. The number of hydrogen-bond donors (Lipinski definition) is 7. The van der Waals surface area contributed by atoms with Gasteiger partial charge in [0.15, 0.2) is 5.78 Å². The van der Waals surface area contributed by atoms with Crippen LogP contribution in [-0.2, 0) is 85.3 Å². The molecule has 7 atom stereocenters. The van der Waals surface area contributed by atoms with E-state index in [1.165, 1.54) is 16.8 Å². The standard InChI is InChI=1S/C15H16ClNO2.C14H15ClN2O.C13H13ClN2O.C13H12ClNO2.C9H13BrO3.C9H14O3.C6H6ClN.Br2.Na.H2O/c1-2-19-15(18)11-5-3-4-10-12-8-9(16)6-7-13(12)17-14(10)11;1-17-11-6-5-8(15)7-10(11)13-9(14(16)18)3-2-4-12(13)17;14-7-4-5-11-10(6-7)8-2-1-3-9(13(15)17)12(8)16-11;14-7-4-5-11-10(6-7)8-2-1-3-9(13(16)17)12(8)15-11;1-2-13-9(12)6-4-3-5-7(10)8(6)11;1-2-12-9(11)7-5-3-4-6-8(7)10;7-5-1-3-6(8)4-2-5;1-2;;/h6-8,11,17H,2-5H2,1H3;5-7,9H,2-4H2,1H3,(H2,16,18);4-6,9,16H,1-3H2,(H2,15,17);4-6,9,15H,1-3H2,(H,16,17);6-7H,2-5H2,1H3;7H,2-6H2,1H3;1-4H,8H2;;;1H2/q;;;;;;;;+1;/p-1. The van der Waals surface area contributed by atoms with Gasteiger partial charge in [-0.25, -0.2) is 0 Å². The van der Waals surface area contributed by atoms with Crippen LogP contribution in [0.3, 0.4) is 0 Å². The molecule has 15 rings (SSSR count). The number of aryl methyl sites for hydroxylation is 4. The molecule has 2 saturated carbocycles. The van der Waals surface area contributed by atoms with Crippen LogP contribution in [0.5, 0.6) is 0 Å². The van der Waals surface area contributed by atoms with Gasteiger partial charge >= 0.3 is 53.4 Å². The van der Waals surface area contributed by atoms with E-state index in [4.69, 9.17) is 89.4 Å². The number of rotatable bonds is 9. The first kappa shape index (κ1) is 91.0. The van der Waals surface area contributed by atoms with Crippen LogP contribution >= 0.6 is 102 Å². The molecule has 0 spiro atoms. The number of H-pyrrole nitrogens is 3. The zero-order chi connectivity index (χ0) is 77.1. The van der Waals surface area contributed by atoms with E-state index in [9.17, 15) is 43.5 Å². The van der Waals surface area contributed by atoms with Gasteiger partial charge in [0.05, 0.1) is 48.3 Å². The zero-order valence-corrected chi connectivity index (χ0v) is 71.5. The first-order chi connectivity index (χ1) is 50.8. The Morgan fingerprint density at radius 2 is 0.861 bits per heavy atom. The first-order valence-corrected chi connectivity index (χ1v) is 42.2. The number of esters is 3.